The van der Waals surface area contributed by atoms with Crippen molar-refractivity contribution in [3.8, 4) is 0 Å². The number of anilines is 1. The number of hydrogen-bond acceptors (Lipinski definition) is 2. The zero-order chi connectivity index (χ0) is 19.0. The van der Waals surface area contributed by atoms with Crippen LogP contribution in [-0.4, -0.2) is 7.05 Å². The zero-order valence-corrected chi connectivity index (χ0v) is 17.1. The van der Waals surface area contributed by atoms with Crippen LogP contribution < -0.4 is 9.47 Å². The first kappa shape index (κ1) is 17.9. The fourth-order valence-corrected chi connectivity index (χ4v) is 5.02. The lowest BCUT2D eigenvalue weighted by atomic mass is 10.1. The van der Waals surface area contributed by atoms with E-state index in [1.54, 1.807) is 0 Å². The highest BCUT2D eigenvalue weighted by atomic mass is 32.2. The largest absolute Gasteiger partial charge is 0.338 e. The van der Waals surface area contributed by atoms with Gasteiger partial charge in [-0.3, -0.25) is 0 Å². The summed E-state index contributed by atoms with van der Waals surface area (Å²) < 4.78 is 2.41. The van der Waals surface area contributed by atoms with Crippen LogP contribution in [0.1, 0.15) is 35.5 Å². The number of aryl methyl sites for hydroxylation is 2. The number of para-hydroxylation sites is 1. The van der Waals surface area contributed by atoms with E-state index >= 15 is 0 Å². The fourth-order valence-electron chi connectivity index (χ4n) is 3.91. The van der Waals surface area contributed by atoms with Crippen LogP contribution in [0.5, 0.6) is 0 Å². The number of thioether (sulfide) groups is 1. The van der Waals surface area contributed by atoms with Crippen LogP contribution >= 0.6 is 11.8 Å². The van der Waals surface area contributed by atoms with Gasteiger partial charge in [-0.1, -0.05) is 54.2 Å². The van der Waals surface area contributed by atoms with Crippen molar-refractivity contribution >= 4 is 23.5 Å². The molecule has 0 spiro atoms. The second-order valence-corrected chi connectivity index (χ2v) is 8.20. The second-order valence-electron chi connectivity index (χ2n) is 7.14. The monoisotopic (exact) mass is 373 g/mol. The molecule has 4 rings (SSSR count). The molecule has 0 saturated heterocycles. The molecule has 1 aliphatic heterocycles. The predicted molar refractivity (Wildman–Crippen MR) is 115 cm³/mol. The standard InChI is InChI=1S/C24H25N2S/c1-17-14-20(16-24-25(4)22-12-8-9-13-23(22)27-24)15-18(2)26(17)19(3)21-10-6-5-7-11-21/h5-16,19H,1-4H3/q+1/t19-/m0/s1. The Morgan fingerprint density at radius 3 is 2.22 bits per heavy atom. The minimum atomic E-state index is 0.320. The van der Waals surface area contributed by atoms with Gasteiger partial charge in [-0.05, 0) is 23.8 Å². The predicted octanol–water partition coefficient (Wildman–Crippen LogP) is 5.74. The number of hydrogen-bond donors (Lipinski definition) is 0. The highest BCUT2D eigenvalue weighted by molar-refractivity contribution is 8.03. The first-order valence-electron chi connectivity index (χ1n) is 9.34. The Morgan fingerprint density at radius 2 is 1.56 bits per heavy atom. The number of fused-ring (bicyclic) bond motifs is 1. The Bertz CT molecular complexity index is 985. The highest BCUT2D eigenvalue weighted by Crippen LogP contribution is 2.45. The molecule has 1 aliphatic rings. The van der Waals surface area contributed by atoms with Crippen molar-refractivity contribution in [2.75, 3.05) is 11.9 Å². The van der Waals surface area contributed by atoms with E-state index in [4.69, 9.17) is 0 Å². The van der Waals surface area contributed by atoms with Crippen LogP contribution in [0.15, 0.2) is 76.7 Å². The van der Waals surface area contributed by atoms with Crippen molar-refractivity contribution in [3.63, 3.8) is 0 Å². The van der Waals surface area contributed by atoms with Gasteiger partial charge in [0.05, 0.1) is 10.7 Å². The molecule has 136 valence electrons. The van der Waals surface area contributed by atoms with Gasteiger partial charge in [0.2, 0.25) is 0 Å². The molecule has 2 aromatic carbocycles. The Labute approximate surface area is 166 Å². The number of rotatable bonds is 3. The SMILES string of the molecule is Cc1cc(C=C2Sc3ccccc3N2C)cc(C)[n+]1[C@@H](C)c1ccccc1. The molecule has 2 heterocycles. The third kappa shape index (κ3) is 3.40. The van der Waals surface area contributed by atoms with Crippen molar-refractivity contribution in [2.45, 2.75) is 31.7 Å². The molecule has 0 N–H and O–H groups in total. The van der Waals surface area contributed by atoms with Crippen LogP contribution in [0, 0.1) is 13.8 Å². The molecule has 0 aliphatic carbocycles. The first-order chi connectivity index (χ1) is 13.0. The summed E-state index contributed by atoms with van der Waals surface area (Å²) in [6.07, 6.45) is 2.29. The summed E-state index contributed by atoms with van der Waals surface area (Å²) >= 11 is 1.84. The lowest BCUT2D eigenvalue weighted by Crippen LogP contribution is -2.44. The van der Waals surface area contributed by atoms with Crippen molar-refractivity contribution in [3.05, 3.63) is 94.3 Å². The lowest BCUT2D eigenvalue weighted by molar-refractivity contribution is -0.721. The average molecular weight is 374 g/mol. The number of nitrogens with zero attached hydrogens (tertiary/aromatic N) is 2. The number of benzene rings is 2. The molecule has 0 unspecified atom stereocenters. The van der Waals surface area contributed by atoms with Crippen molar-refractivity contribution < 1.29 is 4.57 Å². The van der Waals surface area contributed by atoms with Gasteiger partial charge >= 0.3 is 0 Å². The van der Waals surface area contributed by atoms with E-state index in [9.17, 15) is 0 Å². The Hall–Kier alpha value is -2.52. The Kier molecular flexibility index (Phi) is 4.79. The molecule has 0 fully saturated rings. The van der Waals surface area contributed by atoms with Crippen LogP contribution in [0.3, 0.4) is 0 Å². The van der Waals surface area contributed by atoms with Gasteiger partial charge < -0.3 is 4.90 Å². The zero-order valence-electron chi connectivity index (χ0n) is 16.3. The summed E-state index contributed by atoms with van der Waals surface area (Å²) in [5.41, 5.74) is 6.43. The third-order valence-corrected chi connectivity index (χ3v) is 6.41. The van der Waals surface area contributed by atoms with E-state index in [1.165, 1.54) is 38.1 Å². The van der Waals surface area contributed by atoms with E-state index < -0.39 is 0 Å². The normalized spacial score (nSPS) is 15.9. The smallest absolute Gasteiger partial charge is 0.181 e. The summed E-state index contributed by atoms with van der Waals surface area (Å²) in [7, 11) is 2.14. The summed E-state index contributed by atoms with van der Waals surface area (Å²) in [4.78, 5) is 3.60. The number of pyridine rings is 1. The second kappa shape index (κ2) is 7.24. The topological polar surface area (TPSA) is 7.12 Å². The maximum absolute atomic E-state index is 2.41. The molecule has 0 amide bonds. The van der Waals surface area contributed by atoms with Gasteiger partial charge in [-0.15, -0.1) is 0 Å². The minimum absolute atomic E-state index is 0.320. The van der Waals surface area contributed by atoms with Crippen LogP contribution in [0.4, 0.5) is 5.69 Å². The Morgan fingerprint density at radius 1 is 0.926 bits per heavy atom. The van der Waals surface area contributed by atoms with Gasteiger partial charge in [0.15, 0.2) is 17.4 Å². The molecule has 1 atom stereocenters. The van der Waals surface area contributed by atoms with Crippen LogP contribution in [0.25, 0.3) is 6.08 Å². The third-order valence-electron chi connectivity index (χ3n) is 5.24. The molecule has 27 heavy (non-hydrogen) atoms. The van der Waals surface area contributed by atoms with E-state index in [0.717, 1.165) is 0 Å². The summed E-state index contributed by atoms with van der Waals surface area (Å²) in [5, 5.41) is 1.27. The molecule has 3 aromatic rings. The molecular weight excluding hydrogens is 348 g/mol. The van der Waals surface area contributed by atoms with Gasteiger partial charge in [0, 0.05) is 50.4 Å². The maximum Gasteiger partial charge on any atom is 0.181 e. The maximum atomic E-state index is 2.41. The highest BCUT2D eigenvalue weighted by Gasteiger charge is 2.23. The van der Waals surface area contributed by atoms with E-state index in [2.05, 4.69) is 110 Å². The molecule has 0 radical (unpaired) electrons. The number of aromatic nitrogens is 1. The van der Waals surface area contributed by atoms with E-state index in [1.807, 2.05) is 11.8 Å². The first-order valence-corrected chi connectivity index (χ1v) is 10.2. The lowest BCUT2D eigenvalue weighted by Gasteiger charge is -2.15. The molecule has 0 saturated carbocycles. The quantitative estimate of drug-likeness (QED) is 0.540. The average Bonchev–Trinajstić information content (AvgIpc) is 2.98. The van der Waals surface area contributed by atoms with Crippen molar-refractivity contribution in [1.29, 1.82) is 0 Å². The molecule has 1 aromatic heterocycles. The van der Waals surface area contributed by atoms with Crippen molar-refractivity contribution in [2.24, 2.45) is 0 Å². The van der Waals surface area contributed by atoms with E-state index in [-0.39, 0.29) is 0 Å². The van der Waals surface area contributed by atoms with Gasteiger partial charge in [0.1, 0.15) is 0 Å². The van der Waals surface area contributed by atoms with E-state index in [0.29, 0.717) is 6.04 Å². The molecular formula is C24H25N2S+. The summed E-state index contributed by atoms with van der Waals surface area (Å²) in [6, 6.07) is 24.2. The fraction of sp³-hybridized carbons (Fsp3) is 0.208. The molecule has 2 nitrogen and oxygen atoms in total. The molecule has 0 bridgehead atoms. The van der Waals surface area contributed by atoms with Gasteiger partial charge in [-0.2, -0.15) is 4.57 Å². The Balaban J connectivity index is 1.67. The van der Waals surface area contributed by atoms with Crippen LogP contribution in [0.2, 0.25) is 0 Å². The minimum Gasteiger partial charge on any atom is -0.338 e. The summed E-state index contributed by atoms with van der Waals surface area (Å²) in [5.74, 6) is 0. The van der Waals surface area contributed by atoms with Gasteiger partial charge in [0.25, 0.3) is 0 Å². The van der Waals surface area contributed by atoms with Gasteiger partial charge in [-0.25, -0.2) is 0 Å². The summed E-state index contributed by atoms with van der Waals surface area (Å²) in [6.45, 7) is 6.67. The molecule has 3 heteroatoms. The van der Waals surface area contributed by atoms with Crippen molar-refractivity contribution in [1.82, 2.24) is 0 Å². The van der Waals surface area contributed by atoms with Crippen LogP contribution in [-0.2, 0) is 0 Å².